The van der Waals surface area contributed by atoms with E-state index >= 15 is 0 Å². The number of nitro benzene ring substituents is 1. The second-order valence-electron chi connectivity index (χ2n) is 4.69. The minimum Gasteiger partial charge on any atom is -0.381 e. The van der Waals surface area contributed by atoms with Crippen molar-refractivity contribution in [2.75, 3.05) is 5.32 Å². The quantitative estimate of drug-likeness (QED) is 0.653. The lowest BCUT2D eigenvalue weighted by molar-refractivity contribution is -0.384. The summed E-state index contributed by atoms with van der Waals surface area (Å²) in [4.78, 5) is 10.2. The number of benzene rings is 1. The Balaban J connectivity index is 2.07. The number of anilines is 1. The largest absolute Gasteiger partial charge is 0.381 e. The number of hydrogen-bond acceptors (Lipinski definition) is 4. The SMILES string of the molecule is NC1CCCC(Nc2ccc([N+](=O)[O-])cc2Cl)C1. The molecule has 0 radical (unpaired) electrons. The van der Waals surface area contributed by atoms with Crippen LogP contribution in [0.2, 0.25) is 5.02 Å². The van der Waals surface area contributed by atoms with Gasteiger partial charge in [0.1, 0.15) is 0 Å². The molecule has 0 saturated heterocycles. The summed E-state index contributed by atoms with van der Waals surface area (Å²) in [5.74, 6) is 0. The van der Waals surface area contributed by atoms with Gasteiger partial charge < -0.3 is 11.1 Å². The molecule has 0 aliphatic heterocycles. The van der Waals surface area contributed by atoms with Gasteiger partial charge in [0, 0.05) is 24.2 Å². The van der Waals surface area contributed by atoms with Gasteiger partial charge >= 0.3 is 0 Å². The van der Waals surface area contributed by atoms with Gasteiger partial charge in [-0.25, -0.2) is 0 Å². The van der Waals surface area contributed by atoms with Crippen LogP contribution in [0.3, 0.4) is 0 Å². The fourth-order valence-corrected chi connectivity index (χ4v) is 2.54. The molecule has 1 saturated carbocycles. The Bertz CT molecular complexity index is 453. The minimum atomic E-state index is -0.452. The van der Waals surface area contributed by atoms with Crippen LogP contribution in [0.4, 0.5) is 11.4 Å². The molecule has 18 heavy (non-hydrogen) atoms. The predicted octanol–water partition coefficient (Wildman–Crippen LogP) is 2.93. The molecule has 2 atom stereocenters. The van der Waals surface area contributed by atoms with Crippen LogP contribution in [0.5, 0.6) is 0 Å². The number of halogens is 1. The van der Waals surface area contributed by atoms with Crippen molar-refractivity contribution in [1.29, 1.82) is 0 Å². The van der Waals surface area contributed by atoms with E-state index in [9.17, 15) is 10.1 Å². The molecule has 1 fully saturated rings. The van der Waals surface area contributed by atoms with Crippen molar-refractivity contribution in [3.8, 4) is 0 Å². The van der Waals surface area contributed by atoms with E-state index in [0.717, 1.165) is 31.4 Å². The van der Waals surface area contributed by atoms with Crippen LogP contribution in [0, 0.1) is 10.1 Å². The number of hydrogen-bond donors (Lipinski definition) is 2. The molecule has 1 aliphatic rings. The first-order valence-corrected chi connectivity index (χ1v) is 6.40. The van der Waals surface area contributed by atoms with Crippen LogP contribution in [0.15, 0.2) is 18.2 Å². The Labute approximate surface area is 110 Å². The first kappa shape index (κ1) is 13.1. The van der Waals surface area contributed by atoms with Gasteiger partial charge in [0.25, 0.3) is 5.69 Å². The van der Waals surface area contributed by atoms with Gasteiger partial charge in [-0.15, -0.1) is 0 Å². The summed E-state index contributed by atoms with van der Waals surface area (Å²) in [5, 5.41) is 14.3. The van der Waals surface area contributed by atoms with Crippen molar-refractivity contribution in [3.05, 3.63) is 33.3 Å². The molecule has 0 heterocycles. The Hall–Kier alpha value is -1.33. The standard InChI is InChI=1S/C12H16ClN3O2/c13-11-7-10(16(17)18)4-5-12(11)15-9-3-1-2-8(14)6-9/h4-5,7-9,15H,1-3,6,14H2. The molecule has 0 bridgehead atoms. The van der Waals surface area contributed by atoms with E-state index in [-0.39, 0.29) is 11.7 Å². The van der Waals surface area contributed by atoms with Crippen LogP contribution in [-0.4, -0.2) is 17.0 Å². The Morgan fingerprint density at radius 1 is 1.44 bits per heavy atom. The van der Waals surface area contributed by atoms with Gasteiger partial charge in [0.2, 0.25) is 0 Å². The predicted molar refractivity (Wildman–Crippen MR) is 72.0 cm³/mol. The molecule has 1 aliphatic carbocycles. The summed E-state index contributed by atoms with van der Waals surface area (Å²) in [5.41, 5.74) is 6.66. The van der Waals surface area contributed by atoms with Crippen LogP contribution >= 0.6 is 11.6 Å². The number of nitrogens with one attached hydrogen (secondary N) is 1. The summed E-state index contributed by atoms with van der Waals surface area (Å²) in [6.45, 7) is 0. The number of nitrogens with zero attached hydrogens (tertiary/aromatic N) is 1. The molecule has 6 heteroatoms. The zero-order valence-electron chi connectivity index (χ0n) is 9.93. The molecule has 3 N–H and O–H groups in total. The smallest absolute Gasteiger partial charge is 0.271 e. The number of nitrogens with two attached hydrogens (primary N) is 1. The average molecular weight is 270 g/mol. The monoisotopic (exact) mass is 269 g/mol. The summed E-state index contributed by atoms with van der Waals surface area (Å²) in [7, 11) is 0. The number of non-ortho nitro benzene ring substituents is 1. The Morgan fingerprint density at radius 2 is 2.22 bits per heavy atom. The maximum absolute atomic E-state index is 10.6. The van der Waals surface area contributed by atoms with Crippen LogP contribution in [-0.2, 0) is 0 Å². The van der Waals surface area contributed by atoms with Crippen molar-refractivity contribution in [3.63, 3.8) is 0 Å². The molecular formula is C12H16ClN3O2. The van der Waals surface area contributed by atoms with Crippen LogP contribution < -0.4 is 11.1 Å². The highest BCUT2D eigenvalue weighted by atomic mass is 35.5. The van der Waals surface area contributed by atoms with E-state index in [4.69, 9.17) is 17.3 Å². The second kappa shape index (κ2) is 5.54. The van der Waals surface area contributed by atoms with Crippen LogP contribution in [0.25, 0.3) is 0 Å². The van der Waals surface area contributed by atoms with E-state index in [1.807, 2.05) is 0 Å². The summed E-state index contributed by atoms with van der Waals surface area (Å²) in [6, 6.07) is 5.00. The topological polar surface area (TPSA) is 81.2 Å². The highest BCUT2D eigenvalue weighted by Gasteiger charge is 2.20. The minimum absolute atomic E-state index is 0.00546. The maximum atomic E-state index is 10.6. The van der Waals surface area contributed by atoms with E-state index in [2.05, 4.69) is 5.32 Å². The molecule has 0 amide bonds. The number of rotatable bonds is 3. The van der Waals surface area contributed by atoms with Gasteiger partial charge in [0.05, 0.1) is 15.6 Å². The van der Waals surface area contributed by atoms with Gasteiger partial charge in [0.15, 0.2) is 0 Å². The lowest BCUT2D eigenvalue weighted by Crippen LogP contribution is -2.34. The van der Waals surface area contributed by atoms with Gasteiger partial charge in [-0.2, -0.15) is 0 Å². The Kier molecular flexibility index (Phi) is 4.04. The fourth-order valence-electron chi connectivity index (χ4n) is 2.31. The van der Waals surface area contributed by atoms with E-state index in [1.54, 1.807) is 6.07 Å². The van der Waals surface area contributed by atoms with E-state index in [1.165, 1.54) is 12.1 Å². The third-order valence-electron chi connectivity index (χ3n) is 3.24. The molecule has 5 nitrogen and oxygen atoms in total. The summed E-state index contributed by atoms with van der Waals surface area (Å²) < 4.78 is 0. The van der Waals surface area contributed by atoms with Crippen molar-refractivity contribution in [2.24, 2.45) is 5.73 Å². The normalized spacial score (nSPS) is 23.7. The molecule has 2 unspecified atom stereocenters. The van der Waals surface area contributed by atoms with E-state index in [0.29, 0.717) is 11.1 Å². The zero-order valence-corrected chi connectivity index (χ0v) is 10.7. The van der Waals surface area contributed by atoms with Crippen LogP contribution in [0.1, 0.15) is 25.7 Å². The van der Waals surface area contributed by atoms with Gasteiger partial charge in [-0.1, -0.05) is 11.6 Å². The molecule has 98 valence electrons. The third-order valence-corrected chi connectivity index (χ3v) is 3.55. The van der Waals surface area contributed by atoms with Gasteiger partial charge in [-0.05, 0) is 31.7 Å². The molecule has 1 aromatic rings. The average Bonchev–Trinajstić information content (AvgIpc) is 2.31. The zero-order chi connectivity index (χ0) is 13.1. The van der Waals surface area contributed by atoms with Crippen molar-refractivity contribution in [2.45, 2.75) is 37.8 Å². The van der Waals surface area contributed by atoms with Gasteiger partial charge in [-0.3, -0.25) is 10.1 Å². The number of nitro groups is 1. The molecule has 0 aromatic heterocycles. The third kappa shape index (κ3) is 3.11. The summed E-state index contributed by atoms with van der Waals surface area (Å²) in [6.07, 6.45) is 4.13. The lowest BCUT2D eigenvalue weighted by Gasteiger charge is -2.28. The van der Waals surface area contributed by atoms with Crippen molar-refractivity contribution < 1.29 is 4.92 Å². The first-order chi connectivity index (χ1) is 8.56. The molecule has 2 rings (SSSR count). The highest BCUT2D eigenvalue weighted by molar-refractivity contribution is 6.33. The highest BCUT2D eigenvalue weighted by Crippen LogP contribution is 2.29. The van der Waals surface area contributed by atoms with E-state index < -0.39 is 4.92 Å². The first-order valence-electron chi connectivity index (χ1n) is 6.02. The maximum Gasteiger partial charge on any atom is 0.271 e. The van der Waals surface area contributed by atoms with Crippen molar-refractivity contribution in [1.82, 2.24) is 0 Å². The lowest BCUT2D eigenvalue weighted by atomic mass is 9.91. The Morgan fingerprint density at radius 3 is 2.83 bits per heavy atom. The molecular weight excluding hydrogens is 254 g/mol. The van der Waals surface area contributed by atoms with Crippen molar-refractivity contribution >= 4 is 23.0 Å². The summed E-state index contributed by atoms with van der Waals surface area (Å²) >= 11 is 6.03. The molecule has 0 spiro atoms. The second-order valence-corrected chi connectivity index (χ2v) is 5.10. The molecule has 1 aromatic carbocycles. The fraction of sp³-hybridized carbons (Fsp3) is 0.500.